The van der Waals surface area contributed by atoms with Crippen molar-refractivity contribution in [3.8, 4) is 5.75 Å². The average Bonchev–Trinajstić information content (AvgIpc) is 2.24. The van der Waals surface area contributed by atoms with Gasteiger partial charge in [0.2, 0.25) is 0 Å². The highest BCUT2D eigenvalue weighted by atomic mass is 19.4. The number of phenols is 1. The fraction of sp³-hybridized carbons (Fsp3) is 0.200. The molecule has 1 atom stereocenters. The second kappa shape index (κ2) is 5.31. The standard InChI is InChI=1S/C10H6F5NO4/c11-4-1-3(17)2-5(12)6(4)7(8(18)19)16-9(20)10(13,14)15/h1-2,7,17H,(H,16,20)(H,18,19). The molecule has 0 aliphatic rings. The number of nitrogens with one attached hydrogen (secondary N) is 1. The molecule has 0 aliphatic heterocycles. The Hall–Kier alpha value is -2.39. The van der Waals surface area contributed by atoms with Gasteiger partial charge in [-0.2, -0.15) is 13.2 Å². The molecule has 0 saturated carbocycles. The topological polar surface area (TPSA) is 86.6 Å². The first kappa shape index (κ1) is 15.7. The Balaban J connectivity index is 3.23. The van der Waals surface area contributed by atoms with Gasteiger partial charge >= 0.3 is 18.1 Å². The van der Waals surface area contributed by atoms with Crippen LogP contribution in [0, 0.1) is 11.6 Å². The van der Waals surface area contributed by atoms with Crippen LogP contribution in [0.25, 0.3) is 0 Å². The summed E-state index contributed by atoms with van der Waals surface area (Å²) in [4.78, 5) is 21.4. The third-order valence-electron chi connectivity index (χ3n) is 2.13. The molecule has 10 heteroatoms. The molecule has 1 amide bonds. The highest BCUT2D eigenvalue weighted by Crippen LogP contribution is 2.26. The number of amides is 1. The Morgan fingerprint density at radius 3 is 1.95 bits per heavy atom. The number of carboxylic acid groups (broad SMARTS) is 1. The quantitative estimate of drug-likeness (QED) is 0.738. The van der Waals surface area contributed by atoms with Crippen molar-refractivity contribution < 1.29 is 41.8 Å². The van der Waals surface area contributed by atoms with Crippen LogP contribution in [0.4, 0.5) is 22.0 Å². The summed E-state index contributed by atoms with van der Waals surface area (Å²) in [5.41, 5.74) is -1.33. The van der Waals surface area contributed by atoms with Crippen LogP contribution in [0.15, 0.2) is 12.1 Å². The third kappa shape index (κ3) is 3.33. The van der Waals surface area contributed by atoms with Gasteiger partial charge in [-0.05, 0) is 0 Å². The number of carboxylic acids is 1. The van der Waals surface area contributed by atoms with E-state index in [1.165, 1.54) is 0 Å². The second-order valence-electron chi connectivity index (χ2n) is 3.57. The molecule has 1 aromatic carbocycles. The van der Waals surface area contributed by atoms with Gasteiger partial charge in [0, 0.05) is 12.1 Å². The molecule has 1 unspecified atom stereocenters. The first-order valence-electron chi connectivity index (χ1n) is 4.82. The number of rotatable bonds is 3. The fourth-order valence-electron chi connectivity index (χ4n) is 1.32. The number of hydrogen-bond acceptors (Lipinski definition) is 3. The molecular weight excluding hydrogens is 293 g/mol. The summed E-state index contributed by atoms with van der Waals surface area (Å²) in [7, 11) is 0. The molecule has 0 spiro atoms. The SMILES string of the molecule is O=C(O)C(NC(=O)C(F)(F)F)c1c(F)cc(O)cc1F. The van der Waals surface area contributed by atoms with Gasteiger partial charge < -0.3 is 15.5 Å². The molecule has 0 heterocycles. The number of phenolic OH excluding ortho intramolecular Hbond substituents is 1. The van der Waals surface area contributed by atoms with Gasteiger partial charge in [-0.1, -0.05) is 0 Å². The first-order chi connectivity index (χ1) is 9.04. The molecule has 5 nitrogen and oxygen atoms in total. The van der Waals surface area contributed by atoms with Crippen molar-refractivity contribution in [2.45, 2.75) is 12.2 Å². The zero-order chi connectivity index (χ0) is 15.7. The van der Waals surface area contributed by atoms with E-state index >= 15 is 0 Å². The summed E-state index contributed by atoms with van der Waals surface area (Å²) < 4.78 is 62.8. The lowest BCUT2D eigenvalue weighted by atomic mass is 10.0. The van der Waals surface area contributed by atoms with Crippen molar-refractivity contribution in [1.82, 2.24) is 5.32 Å². The zero-order valence-corrected chi connectivity index (χ0v) is 9.33. The Labute approximate surface area is 107 Å². The third-order valence-corrected chi connectivity index (χ3v) is 2.13. The minimum atomic E-state index is -5.42. The number of benzene rings is 1. The van der Waals surface area contributed by atoms with Crippen LogP contribution in [-0.4, -0.2) is 28.3 Å². The number of aromatic hydroxyl groups is 1. The Kier molecular flexibility index (Phi) is 4.16. The van der Waals surface area contributed by atoms with Gasteiger partial charge in [-0.15, -0.1) is 0 Å². The summed E-state index contributed by atoms with van der Waals surface area (Å²) in [5.74, 6) is -8.90. The predicted octanol–water partition coefficient (Wildman–Crippen LogP) is 1.47. The molecule has 0 bridgehead atoms. The molecule has 0 aliphatic carbocycles. The lowest BCUT2D eigenvalue weighted by molar-refractivity contribution is -0.175. The number of aliphatic carboxylic acids is 1. The summed E-state index contributed by atoms with van der Waals surface area (Å²) in [5, 5.41) is 18.5. The van der Waals surface area contributed by atoms with E-state index in [0.29, 0.717) is 12.1 Å². The monoisotopic (exact) mass is 299 g/mol. The second-order valence-corrected chi connectivity index (χ2v) is 3.57. The summed E-state index contributed by atoms with van der Waals surface area (Å²) in [6.07, 6.45) is -5.42. The maximum Gasteiger partial charge on any atom is 0.471 e. The highest BCUT2D eigenvalue weighted by molar-refractivity contribution is 5.87. The number of hydrogen-bond donors (Lipinski definition) is 3. The normalized spacial score (nSPS) is 12.8. The van der Waals surface area contributed by atoms with Crippen molar-refractivity contribution in [3.05, 3.63) is 29.3 Å². The predicted molar refractivity (Wildman–Crippen MR) is 52.6 cm³/mol. The van der Waals surface area contributed by atoms with E-state index in [1.54, 1.807) is 0 Å². The minimum Gasteiger partial charge on any atom is -0.508 e. The molecule has 3 N–H and O–H groups in total. The van der Waals surface area contributed by atoms with Crippen molar-refractivity contribution in [2.75, 3.05) is 0 Å². The van der Waals surface area contributed by atoms with Gasteiger partial charge in [0.05, 0.1) is 5.56 Å². The zero-order valence-electron chi connectivity index (χ0n) is 9.33. The van der Waals surface area contributed by atoms with E-state index in [9.17, 15) is 31.5 Å². The van der Waals surface area contributed by atoms with E-state index in [4.69, 9.17) is 10.2 Å². The number of carbonyl (C=O) groups excluding carboxylic acids is 1. The van der Waals surface area contributed by atoms with Crippen LogP contribution in [0.5, 0.6) is 5.75 Å². The van der Waals surface area contributed by atoms with Gasteiger partial charge in [0.25, 0.3) is 0 Å². The van der Waals surface area contributed by atoms with E-state index in [0.717, 1.165) is 5.32 Å². The molecule has 0 aromatic heterocycles. The van der Waals surface area contributed by atoms with Gasteiger partial charge in [-0.3, -0.25) is 4.79 Å². The van der Waals surface area contributed by atoms with E-state index < -0.39 is 47.0 Å². The molecular formula is C10H6F5NO4. The number of alkyl halides is 3. The molecule has 0 fully saturated rings. The first-order valence-corrected chi connectivity index (χ1v) is 4.82. The van der Waals surface area contributed by atoms with Crippen LogP contribution in [-0.2, 0) is 9.59 Å². The lowest BCUT2D eigenvalue weighted by Crippen LogP contribution is -2.42. The largest absolute Gasteiger partial charge is 0.508 e. The lowest BCUT2D eigenvalue weighted by Gasteiger charge is -2.17. The number of carbonyl (C=O) groups is 2. The van der Waals surface area contributed by atoms with Crippen LogP contribution < -0.4 is 5.32 Å². The summed E-state index contributed by atoms with van der Waals surface area (Å²) >= 11 is 0. The molecule has 110 valence electrons. The minimum absolute atomic E-state index is 0.300. The van der Waals surface area contributed by atoms with Crippen molar-refractivity contribution >= 4 is 11.9 Å². The smallest absolute Gasteiger partial charge is 0.471 e. The maximum absolute atomic E-state index is 13.4. The van der Waals surface area contributed by atoms with Crippen LogP contribution in [0.2, 0.25) is 0 Å². The Bertz CT molecular complexity index is 534. The van der Waals surface area contributed by atoms with Gasteiger partial charge in [0.1, 0.15) is 17.4 Å². The van der Waals surface area contributed by atoms with E-state index in [-0.39, 0.29) is 0 Å². The average molecular weight is 299 g/mol. The summed E-state index contributed by atoms with van der Waals surface area (Å²) in [6, 6.07) is -1.99. The van der Waals surface area contributed by atoms with Crippen LogP contribution in [0.3, 0.4) is 0 Å². The fourth-order valence-corrected chi connectivity index (χ4v) is 1.32. The Morgan fingerprint density at radius 1 is 1.15 bits per heavy atom. The molecule has 0 saturated heterocycles. The van der Waals surface area contributed by atoms with E-state index in [2.05, 4.69) is 0 Å². The van der Waals surface area contributed by atoms with Crippen LogP contribution in [0.1, 0.15) is 11.6 Å². The molecule has 1 aromatic rings. The van der Waals surface area contributed by atoms with Crippen molar-refractivity contribution in [2.24, 2.45) is 0 Å². The van der Waals surface area contributed by atoms with E-state index in [1.807, 2.05) is 0 Å². The molecule has 1 rings (SSSR count). The summed E-state index contributed by atoms with van der Waals surface area (Å²) in [6.45, 7) is 0. The number of halogens is 5. The van der Waals surface area contributed by atoms with Crippen LogP contribution >= 0.6 is 0 Å². The van der Waals surface area contributed by atoms with Crippen molar-refractivity contribution in [3.63, 3.8) is 0 Å². The molecule has 0 radical (unpaired) electrons. The Morgan fingerprint density at radius 2 is 1.60 bits per heavy atom. The van der Waals surface area contributed by atoms with Gasteiger partial charge in [0.15, 0.2) is 6.04 Å². The molecule has 20 heavy (non-hydrogen) atoms. The van der Waals surface area contributed by atoms with Crippen molar-refractivity contribution in [1.29, 1.82) is 0 Å². The maximum atomic E-state index is 13.4. The van der Waals surface area contributed by atoms with Gasteiger partial charge in [-0.25, -0.2) is 13.6 Å². The highest BCUT2D eigenvalue weighted by Gasteiger charge is 2.42.